The number of hydrogen-bond donors (Lipinski definition) is 1. The van der Waals surface area contributed by atoms with E-state index in [1.807, 2.05) is 31.2 Å². The van der Waals surface area contributed by atoms with Crippen molar-refractivity contribution in [2.75, 3.05) is 6.54 Å². The zero-order valence-electron chi connectivity index (χ0n) is 10.8. The normalized spacial score (nSPS) is 12.4. The van der Waals surface area contributed by atoms with Crippen molar-refractivity contribution in [2.45, 2.75) is 13.0 Å². The molecular formula is C15H13BrClFIN. The minimum absolute atomic E-state index is 0.121. The molecule has 0 radical (unpaired) electrons. The second kappa shape index (κ2) is 7.20. The first kappa shape index (κ1) is 16.2. The van der Waals surface area contributed by atoms with Gasteiger partial charge in [-0.15, -0.1) is 0 Å². The van der Waals surface area contributed by atoms with Crippen molar-refractivity contribution < 1.29 is 4.39 Å². The zero-order chi connectivity index (χ0) is 14.7. The van der Waals surface area contributed by atoms with E-state index in [0.29, 0.717) is 10.0 Å². The van der Waals surface area contributed by atoms with Crippen molar-refractivity contribution in [1.29, 1.82) is 0 Å². The smallest absolute Gasteiger partial charge is 0.148 e. The molecule has 0 saturated heterocycles. The Kier molecular flexibility index (Phi) is 5.84. The maximum Gasteiger partial charge on any atom is 0.148 e. The second-order valence-corrected chi connectivity index (χ2v) is 6.79. The number of benzene rings is 2. The van der Waals surface area contributed by atoms with E-state index in [2.05, 4.69) is 43.8 Å². The van der Waals surface area contributed by atoms with Gasteiger partial charge in [0.2, 0.25) is 0 Å². The molecule has 2 rings (SSSR count). The summed E-state index contributed by atoms with van der Waals surface area (Å²) < 4.78 is 16.1. The quantitative estimate of drug-likeness (QED) is 0.459. The molecule has 0 spiro atoms. The molecular weight excluding hydrogens is 455 g/mol. The van der Waals surface area contributed by atoms with Gasteiger partial charge in [0, 0.05) is 13.6 Å². The van der Waals surface area contributed by atoms with Crippen LogP contribution in [-0.4, -0.2) is 6.54 Å². The van der Waals surface area contributed by atoms with Gasteiger partial charge < -0.3 is 5.32 Å². The first-order valence-electron chi connectivity index (χ1n) is 6.16. The van der Waals surface area contributed by atoms with Crippen LogP contribution in [0.15, 0.2) is 40.9 Å². The van der Waals surface area contributed by atoms with Crippen LogP contribution >= 0.6 is 50.1 Å². The fourth-order valence-corrected chi connectivity index (χ4v) is 3.11. The van der Waals surface area contributed by atoms with E-state index in [0.717, 1.165) is 15.7 Å². The van der Waals surface area contributed by atoms with Crippen LogP contribution < -0.4 is 5.32 Å². The Morgan fingerprint density at radius 1 is 1.35 bits per heavy atom. The van der Waals surface area contributed by atoms with E-state index in [9.17, 15) is 4.39 Å². The summed E-state index contributed by atoms with van der Waals surface area (Å²) in [6.45, 7) is 2.74. The van der Waals surface area contributed by atoms with Crippen LogP contribution in [-0.2, 0) is 0 Å². The number of halogens is 4. The summed E-state index contributed by atoms with van der Waals surface area (Å²) in [4.78, 5) is 0. The molecule has 0 aliphatic heterocycles. The lowest BCUT2D eigenvalue weighted by molar-refractivity contribution is 0.558. The van der Waals surface area contributed by atoms with Gasteiger partial charge in [-0.2, -0.15) is 0 Å². The van der Waals surface area contributed by atoms with E-state index >= 15 is 0 Å². The predicted octanol–water partition coefficient (Wildman–Crippen LogP) is 5.55. The summed E-state index contributed by atoms with van der Waals surface area (Å²) in [5.41, 5.74) is 1.58. The summed E-state index contributed by atoms with van der Waals surface area (Å²) in [5, 5.41) is 3.43. The van der Waals surface area contributed by atoms with Crippen LogP contribution in [0.4, 0.5) is 4.39 Å². The summed E-state index contributed by atoms with van der Waals surface area (Å²) in [7, 11) is 0. The highest BCUT2D eigenvalue weighted by molar-refractivity contribution is 14.1. The Morgan fingerprint density at radius 2 is 2.10 bits per heavy atom. The lowest BCUT2D eigenvalue weighted by atomic mass is 9.98. The zero-order valence-corrected chi connectivity index (χ0v) is 15.3. The van der Waals surface area contributed by atoms with Crippen molar-refractivity contribution in [3.05, 3.63) is 66.4 Å². The molecule has 0 amide bonds. The highest BCUT2D eigenvalue weighted by Crippen LogP contribution is 2.33. The van der Waals surface area contributed by atoms with Crippen LogP contribution in [0.2, 0.25) is 5.02 Å². The van der Waals surface area contributed by atoms with Crippen molar-refractivity contribution >= 4 is 50.1 Å². The molecule has 0 saturated carbocycles. The van der Waals surface area contributed by atoms with Gasteiger partial charge >= 0.3 is 0 Å². The summed E-state index contributed by atoms with van der Waals surface area (Å²) in [6.07, 6.45) is 0. The van der Waals surface area contributed by atoms with Crippen LogP contribution in [0.5, 0.6) is 0 Å². The Bertz CT molecular complexity index is 621. The fourth-order valence-electron chi connectivity index (χ4n) is 2.06. The van der Waals surface area contributed by atoms with Gasteiger partial charge in [0.25, 0.3) is 0 Å². The van der Waals surface area contributed by atoms with E-state index in [1.54, 1.807) is 12.1 Å². The lowest BCUT2D eigenvalue weighted by Gasteiger charge is -2.20. The average molecular weight is 469 g/mol. The first-order valence-corrected chi connectivity index (χ1v) is 8.41. The van der Waals surface area contributed by atoms with E-state index in [1.165, 1.54) is 0 Å². The highest BCUT2D eigenvalue weighted by atomic mass is 127. The van der Waals surface area contributed by atoms with Gasteiger partial charge in [0.05, 0.1) is 11.1 Å². The van der Waals surface area contributed by atoms with Crippen LogP contribution in [0, 0.1) is 9.39 Å². The third-order valence-corrected chi connectivity index (χ3v) is 4.90. The Balaban J connectivity index is 2.51. The summed E-state index contributed by atoms with van der Waals surface area (Å²) >= 11 is 11.5. The van der Waals surface area contributed by atoms with Crippen molar-refractivity contribution in [3.8, 4) is 0 Å². The van der Waals surface area contributed by atoms with Crippen molar-refractivity contribution in [1.82, 2.24) is 5.32 Å². The maximum absolute atomic E-state index is 14.4. The molecule has 106 valence electrons. The van der Waals surface area contributed by atoms with E-state index < -0.39 is 0 Å². The third-order valence-electron chi connectivity index (χ3n) is 2.97. The third kappa shape index (κ3) is 3.53. The topological polar surface area (TPSA) is 12.0 Å². The van der Waals surface area contributed by atoms with E-state index in [4.69, 9.17) is 11.6 Å². The molecule has 0 aromatic heterocycles. The van der Waals surface area contributed by atoms with Crippen LogP contribution in [0.25, 0.3) is 0 Å². The molecule has 5 heteroatoms. The van der Waals surface area contributed by atoms with Gasteiger partial charge in [0.15, 0.2) is 0 Å². The molecule has 1 atom stereocenters. The second-order valence-electron chi connectivity index (χ2n) is 4.31. The van der Waals surface area contributed by atoms with Gasteiger partial charge in [-0.25, -0.2) is 4.39 Å². The van der Waals surface area contributed by atoms with E-state index in [-0.39, 0.29) is 16.9 Å². The standard InChI is InChI=1S/C15H13BrClFIN/c1-2-20-15(9-4-3-5-10(19)8-9)11-6-7-12(16)13(17)14(11)18/h3-8,15,20H,2H2,1H3. The van der Waals surface area contributed by atoms with Crippen LogP contribution in [0.3, 0.4) is 0 Å². The maximum atomic E-state index is 14.4. The predicted molar refractivity (Wildman–Crippen MR) is 93.8 cm³/mol. The minimum atomic E-state index is -0.383. The van der Waals surface area contributed by atoms with Gasteiger partial charge in [0.1, 0.15) is 5.82 Å². The molecule has 0 aliphatic rings. The van der Waals surface area contributed by atoms with Gasteiger partial charge in [-0.3, -0.25) is 0 Å². The van der Waals surface area contributed by atoms with Crippen molar-refractivity contribution in [2.24, 2.45) is 0 Å². The molecule has 1 N–H and O–H groups in total. The SMILES string of the molecule is CCNC(c1cccc(I)c1)c1ccc(Br)c(Cl)c1F. The first-order chi connectivity index (χ1) is 9.54. The Labute approximate surface area is 145 Å². The molecule has 1 nitrogen and oxygen atoms in total. The molecule has 0 bridgehead atoms. The Morgan fingerprint density at radius 3 is 2.75 bits per heavy atom. The molecule has 2 aromatic rings. The molecule has 20 heavy (non-hydrogen) atoms. The molecule has 0 aliphatic carbocycles. The largest absolute Gasteiger partial charge is 0.306 e. The fraction of sp³-hybridized carbons (Fsp3) is 0.200. The Hall–Kier alpha value is -0.170. The molecule has 1 unspecified atom stereocenters. The monoisotopic (exact) mass is 467 g/mol. The summed E-state index contributed by atoms with van der Waals surface area (Å²) in [6, 6.07) is 11.4. The molecule has 0 heterocycles. The summed E-state index contributed by atoms with van der Waals surface area (Å²) in [5.74, 6) is -0.383. The highest BCUT2D eigenvalue weighted by Gasteiger charge is 2.20. The van der Waals surface area contributed by atoms with Crippen molar-refractivity contribution in [3.63, 3.8) is 0 Å². The van der Waals surface area contributed by atoms with Gasteiger partial charge in [-0.05, 0) is 68.8 Å². The minimum Gasteiger partial charge on any atom is -0.306 e. The average Bonchev–Trinajstić information content (AvgIpc) is 2.43. The van der Waals surface area contributed by atoms with Crippen LogP contribution in [0.1, 0.15) is 24.1 Å². The number of rotatable bonds is 4. The number of hydrogen-bond acceptors (Lipinski definition) is 1. The van der Waals surface area contributed by atoms with Gasteiger partial charge in [-0.1, -0.05) is 36.7 Å². The molecule has 2 aromatic carbocycles. The number of nitrogens with one attached hydrogen (secondary N) is 1. The lowest BCUT2D eigenvalue weighted by Crippen LogP contribution is -2.23. The molecule has 0 fully saturated rings.